The number of carbonyl (C=O) groups is 1. The fraction of sp³-hybridized carbons (Fsp3) is 0.348. The average molecular weight is 493 g/mol. The molecule has 0 spiro atoms. The summed E-state index contributed by atoms with van der Waals surface area (Å²) in [5, 5.41) is 10.4. The Morgan fingerprint density at radius 1 is 1.15 bits per heavy atom. The molecule has 34 heavy (non-hydrogen) atoms. The number of nitrogens with zero attached hydrogens (tertiary/aromatic N) is 4. The van der Waals surface area contributed by atoms with Gasteiger partial charge in [-0.2, -0.15) is 18.6 Å². The minimum absolute atomic E-state index is 0. The van der Waals surface area contributed by atoms with E-state index in [4.69, 9.17) is 0 Å². The van der Waals surface area contributed by atoms with E-state index in [-0.39, 0.29) is 43.5 Å². The number of hydrogen-bond donors (Lipinski definition) is 2. The zero-order valence-corrected chi connectivity index (χ0v) is 20.3. The second-order valence-corrected chi connectivity index (χ2v) is 8.55. The zero-order valence-electron chi connectivity index (χ0n) is 19.3. The van der Waals surface area contributed by atoms with Crippen molar-refractivity contribution >= 4 is 36.6 Å². The smallest absolute Gasteiger partial charge is 0.247 e. The second kappa shape index (κ2) is 9.96. The molecule has 0 bridgehead atoms. The van der Waals surface area contributed by atoms with Crippen LogP contribution in [0.3, 0.4) is 0 Å². The van der Waals surface area contributed by atoms with E-state index in [1.165, 1.54) is 4.68 Å². The van der Waals surface area contributed by atoms with Gasteiger partial charge in [0.2, 0.25) is 5.91 Å². The van der Waals surface area contributed by atoms with Crippen LogP contribution in [0.4, 0.5) is 30.4 Å². The summed E-state index contributed by atoms with van der Waals surface area (Å²) in [7, 11) is 1.90. The highest BCUT2D eigenvalue weighted by atomic mass is 32.1. The molecule has 1 aromatic carbocycles. The highest BCUT2D eigenvalue weighted by Gasteiger charge is 2.34. The first-order valence-corrected chi connectivity index (χ1v) is 10.6. The number of rotatable bonds is 6. The Morgan fingerprint density at radius 2 is 1.82 bits per heavy atom. The van der Waals surface area contributed by atoms with E-state index in [0.717, 1.165) is 23.4 Å². The lowest BCUT2D eigenvalue weighted by Crippen LogP contribution is -2.49. The molecule has 0 saturated carbocycles. The first-order chi connectivity index (χ1) is 15.6. The lowest BCUT2D eigenvalue weighted by atomic mass is 9.98. The van der Waals surface area contributed by atoms with Crippen LogP contribution in [-0.2, 0) is 17.9 Å². The molecule has 0 saturated heterocycles. The minimum atomic E-state index is -1.48. The molecule has 3 heterocycles. The lowest BCUT2D eigenvalue weighted by Gasteiger charge is -2.38. The van der Waals surface area contributed by atoms with Crippen LogP contribution < -0.4 is 15.5 Å². The molecule has 182 valence electrons. The van der Waals surface area contributed by atoms with Gasteiger partial charge in [-0.05, 0) is 30.5 Å². The third kappa shape index (κ3) is 4.98. The summed E-state index contributed by atoms with van der Waals surface area (Å²) in [5.41, 5.74) is 3.40. The van der Waals surface area contributed by atoms with Crippen LogP contribution in [0.25, 0.3) is 0 Å². The van der Waals surface area contributed by atoms with Gasteiger partial charge in [-0.15, -0.1) is 0 Å². The summed E-state index contributed by atoms with van der Waals surface area (Å²) >= 11 is 0. The fourth-order valence-electron chi connectivity index (χ4n) is 4.12. The van der Waals surface area contributed by atoms with Crippen LogP contribution >= 0.6 is 13.5 Å². The van der Waals surface area contributed by atoms with Crippen molar-refractivity contribution in [1.82, 2.24) is 14.8 Å². The molecule has 7 nitrogen and oxygen atoms in total. The van der Waals surface area contributed by atoms with Crippen molar-refractivity contribution in [2.45, 2.75) is 39.9 Å². The van der Waals surface area contributed by atoms with Gasteiger partial charge in [-0.25, -0.2) is 18.2 Å². The van der Waals surface area contributed by atoms with Gasteiger partial charge in [-0.1, -0.05) is 13.8 Å². The number of hydrogen-bond acceptors (Lipinski definition) is 5. The Morgan fingerprint density at radius 3 is 2.47 bits per heavy atom. The number of benzene rings is 1. The van der Waals surface area contributed by atoms with E-state index in [1.54, 1.807) is 12.4 Å². The SMILES string of the molecule is Cc1nc(NCc2cnn(Cc3cc(F)c(F)c(F)c3)c2)cc2c1NC(=O)[C@H](C(C)C)N2C.S. The maximum atomic E-state index is 13.4. The number of nitrogens with one attached hydrogen (secondary N) is 2. The van der Waals surface area contributed by atoms with Crippen LogP contribution in [0.1, 0.15) is 30.7 Å². The maximum Gasteiger partial charge on any atom is 0.247 e. The summed E-state index contributed by atoms with van der Waals surface area (Å²) in [6.45, 7) is 6.37. The summed E-state index contributed by atoms with van der Waals surface area (Å²) in [6.07, 6.45) is 3.37. The number of likely N-dealkylation sites (N-methyl/N-ethyl adjacent to an activating group) is 1. The van der Waals surface area contributed by atoms with E-state index < -0.39 is 17.5 Å². The number of anilines is 3. The van der Waals surface area contributed by atoms with Crippen LogP contribution in [0.15, 0.2) is 30.6 Å². The van der Waals surface area contributed by atoms with Crippen molar-refractivity contribution in [3.63, 3.8) is 0 Å². The Balaban J connectivity index is 0.00000324. The van der Waals surface area contributed by atoms with Crippen LogP contribution in [0.2, 0.25) is 0 Å². The van der Waals surface area contributed by atoms with Gasteiger partial charge >= 0.3 is 0 Å². The summed E-state index contributed by atoms with van der Waals surface area (Å²) in [6, 6.07) is 3.53. The molecule has 11 heteroatoms. The maximum absolute atomic E-state index is 13.4. The molecular formula is C23H27F3N6OS. The normalized spacial score (nSPS) is 15.1. The van der Waals surface area contributed by atoms with Gasteiger partial charge in [0.05, 0.1) is 29.8 Å². The third-order valence-electron chi connectivity index (χ3n) is 5.67. The van der Waals surface area contributed by atoms with E-state index in [1.807, 2.05) is 38.8 Å². The van der Waals surface area contributed by atoms with Crippen molar-refractivity contribution in [2.75, 3.05) is 22.6 Å². The van der Waals surface area contributed by atoms with E-state index >= 15 is 0 Å². The van der Waals surface area contributed by atoms with Gasteiger partial charge in [0.25, 0.3) is 0 Å². The quantitative estimate of drug-likeness (QED) is 0.505. The summed E-state index contributed by atoms with van der Waals surface area (Å²) in [4.78, 5) is 19.0. The van der Waals surface area contributed by atoms with Gasteiger partial charge < -0.3 is 15.5 Å². The molecular weight excluding hydrogens is 465 g/mol. The average Bonchev–Trinajstić information content (AvgIpc) is 3.18. The zero-order chi connectivity index (χ0) is 23.9. The minimum Gasteiger partial charge on any atom is -0.366 e. The van der Waals surface area contributed by atoms with Gasteiger partial charge in [-0.3, -0.25) is 9.48 Å². The number of amides is 1. The van der Waals surface area contributed by atoms with E-state index in [0.29, 0.717) is 23.7 Å². The van der Waals surface area contributed by atoms with Gasteiger partial charge in [0, 0.05) is 31.4 Å². The van der Waals surface area contributed by atoms with Crippen molar-refractivity contribution in [2.24, 2.45) is 5.92 Å². The highest BCUT2D eigenvalue weighted by Crippen LogP contribution is 2.36. The first kappa shape index (κ1) is 25.4. The number of carbonyl (C=O) groups excluding carboxylic acids is 1. The second-order valence-electron chi connectivity index (χ2n) is 8.55. The fourth-order valence-corrected chi connectivity index (χ4v) is 4.12. The van der Waals surface area contributed by atoms with Gasteiger partial charge in [0.15, 0.2) is 17.5 Å². The number of pyridine rings is 1. The molecule has 1 aliphatic rings. The monoisotopic (exact) mass is 492 g/mol. The van der Waals surface area contributed by atoms with Crippen molar-refractivity contribution in [1.29, 1.82) is 0 Å². The lowest BCUT2D eigenvalue weighted by molar-refractivity contribution is -0.118. The molecule has 2 aromatic heterocycles. The molecule has 1 amide bonds. The molecule has 0 aliphatic carbocycles. The predicted molar refractivity (Wildman–Crippen MR) is 130 cm³/mol. The Kier molecular flexibility index (Phi) is 7.44. The third-order valence-corrected chi connectivity index (χ3v) is 5.67. The molecule has 0 unspecified atom stereocenters. The summed E-state index contributed by atoms with van der Waals surface area (Å²) in [5.74, 6) is -3.20. The van der Waals surface area contributed by atoms with Crippen LogP contribution in [0.5, 0.6) is 0 Å². The largest absolute Gasteiger partial charge is 0.366 e. The molecule has 4 rings (SSSR count). The Bertz CT molecular complexity index is 1190. The molecule has 1 atom stereocenters. The number of fused-ring (bicyclic) bond motifs is 1. The molecule has 0 fully saturated rings. The number of aryl methyl sites for hydroxylation is 1. The first-order valence-electron chi connectivity index (χ1n) is 10.6. The number of halogens is 3. The Hall–Kier alpha value is -3.21. The topological polar surface area (TPSA) is 75.1 Å². The predicted octanol–water partition coefficient (Wildman–Crippen LogP) is 4.19. The molecule has 0 radical (unpaired) electrons. The van der Waals surface area contributed by atoms with E-state index in [2.05, 4.69) is 20.7 Å². The van der Waals surface area contributed by atoms with Crippen molar-refractivity contribution < 1.29 is 18.0 Å². The molecule has 3 aromatic rings. The van der Waals surface area contributed by atoms with Crippen LogP contribution in [-0.4, -0.2) is 33.8 Å². The molecule has 2 N–H and O–H groups in total. The van der Waals surface area contributed by atoms with E-state index in [9.17, 15) is 18.0 Å². The highest BCUT2D eigenvalue weighted by molar-refractivity contribution is 7.59. The summed E-state index contributed by atoms with van der Waals surface area (Å²) < 4.78 is 41.5. The molecule has 1 aliphatic heterocycles. The van der Waals surface area contributed by atoms with Gasteiger partial charge in [0.1, 0.15) is 11.9 Å². The van der Waals surface area contributed by atoms with Crippen molar-refractivity contribution in [3.8, 4) is 0 Å². The Labute approximate surface area is 202 Å². The van der Waals surface area contributed by atoms with Crippen LogP contribution in [0, 0.1) is 30.3 Å². The number of aromatic nitrogens is 3. The van der Waals surface area contributed by atoms with Crippen molar-refractivity contribution in [3.05, 3.63) is 64.9 Å². The standard InChI is InChI=1S/C23H25F3N6O.H2S/c1-12(2)22-23(33)30-21-13(3)29-19(7-18(21)31(22)4)27-8-15-9-28-32(11-15)10-14-5-16(24)20(26)17(25)6-14;/h5-7,9,11-12,22H,8,10H2,1-4H3,(H,27,29)(H,30,33);1H2/t22-;/m0./s1.